The Kier molecular flexibility index (Phi) is 3.76. The third-order valence-electron chi connectivity index (χ3n) is 2.08. The van der Waals surface area contributed by atoms with Crippen LogP contribution in [0.5, 0.6) is 5.75 Å². The van der Waals surface area contributed by atoms with E-state index in [0.717, 1.165) is 0 Å². The summed E-state index contributed by atoms with van der Waals surface area (Å²) < 4.78 is 29.8. The SMILES string of the molecule is COc1cc(CC(=O)O)c(C)nc1C(F)F. The first-order valence-corrected chi connectivity index (χ1v) is 4.50. The lowest BCUT2D eigenvalue weighted by Crippen LogP contribution is -2.06. The van der Waals surface area contributed by atoms with Gasteiger partial charge in [0.25, 0.3) is 6.43 Å². The molecule has 1 aromatic heterocycles. The highest BCUT2D eigenvalue weighted by Gasteiger charge is 2.18. The van der Waals surface area contributed by atoms with Gasteiger partial charge in [0.1, 0.15) is 11.4 Å². The normalized spacial score (nSPS) is 10.6. The summed E-state index contributed by atoms with van der Waals surface area (Å²) in [6.45, 7) is 1.49. The van der Waals surface area contributed by atoms with Crippen LogP contribution in [0.25, 0.3) is 0 Å². The number of methoxy groups -OCH3 is 1. The fourth-order valence-corrected chi connectivity index (χ4v) is 1.31. The van der Waals surface area contributed by atoms with Crippen molar-refractivity contribution in [3.63, 3.8) is 0 Å². The maximum Gasteiger partial charge on any atom is 0.307 e. The fraction of sp³-hybridized carbons (Fsp3) is 0.400. The molecule has 16 heavy (non-hydrogen) atoms. The lowest BCUT2D eigenvalue weighted by molar-refractivity contribution is -0.136. The molecule has 0 saturated heterocycles. The van der Waals surface area contributed by atoms with E-state index in [1.54, 1.807) is 0 Å². The van der Waals surface area contributed by atoms with Gasteiger partial charge in [-0.3, -0.25) is 4.79 Å². The summed E-state index contributed by atoms with van der Waals surface area (Å²) in [4.78, 5) is 14.2. The van der Waals surface area contributed by atoms with Gasteiger partial charge in [0.05, 0.1) is 13.5 Å². The molecular formula is C10H11F2NO3. The summed E-state index contributed by atoms with van der Waals surface area (Å²) >= 11 is 0. The molecule has 0 aliphatic rings. The first kappa shape index (κ1) is 12.4. The number of aryl methyl sites for hydroxylation is 1. The number of aliphatic carboxylic acids is 1. The minimum Gasteiger partial charge on any atom is -0.495 e. The summed E-state index contributed by atoms with van der Waals surface area (Å²) in [5.41, 5.74) is 0.182. The van der Waals surface area contributed by atoms with Crippen molar-refractivity contribution in [2.45, 2.75) is 19.8 Å². The summed E-state index contributed by atoms with van der Waals surface area (Å²) in [6.07, 6.45) is -3.01. The molecule has 1 aromatic rings. The van der Waals surface area contributed by atoms with Crippen LogP contribution in [0.4, 0.5) is 8.78 Å². The Morgan fingerprint density at radius 3 is 2.69 bits per heavy atom. The topological polar surface area (TPSA) is 59.4 Å². The lowest BCUT2D eigenvalue weighted by atomic mass is 10.1. The van der Waals surface area contributed by atoms with Crippen LogP contribution in [0, 0.1) is 6.92 Å². The van der Waals surface area contributed by atoms with Crippen molar-refractivity contribution in [2.75, 3.05) is 7.11 Å². The summed E-state index contributed by atoms with van der Waals surface area (Å²) in [5.74, 6) is -1.13. The molecule has 0 atom stereocenters. The molecule has 0 radical (unpaired) electrons. The Bertz CT molecular complexity index is 407. The van der Waals surface area contributed by atoms with Crippen LogP contribution in [0.3, 0.4) is 0 Å². The Balaban J connectivity index is 3.20. The van der Waals surface area contributed by atoms with Crippen LogP contribution in [-0.2, 0) is 11.2 Å². The van der Waals surface area contributed by atoms with Gasteiger partial charge in [-0.25, -0.2) is 13.8 Å². The number of carboxylic acids is 1. The molecule has 6 heteroatoms. The van der Waals surface area contributed by atoms with Crippen LogP contribution in [0.15, 0.2) is 6.07 Å². The standard InChI is InChI=1S/C10H11F2NO3/c1-5-6(4-8(14)15)3-7(16-2)9(13-5)10(11)12/h3,10H,4H2,1-2H3,(H,14,15). The molecule has 4 nitrogen and oxygen atoms in total. The van der Waals surface area contributed by atoms with Crippen molar-refractivity contribution in [2.24, 2.45) is 0 Å². The van der Waals surface area contributed by atoms with Gasteiger partial charge in [-0.1, -0.05) is 0 Å². The molecule has 1 N–H and O–H groups in total. The van der Waals surface area contributed by atoms with Crippen LogP contribution < -0.4 is 4.74 Å². The van der Waals surface area contributed by atoms with E-state index in [-0.39, 0.29) is 17.9 Å². The molecule has 1 heterocycles. The maximum absolute atomic E-state index is 12.5. The summed E-state index contributed by atoms with van der Waals surface area (Å²) in [7, 11) is 1.24. The van der Waals surface area contributed by atoms with Crippen LogP contribution in [0.1, 0.15) is 23.4 Å². The molecule has 88 valence electrons. The Morgan fingerprint density at radius 2 is 2.25 bits per heavy atom. The molecule has 0 amide bonds. The van der Waals surface area contributed by atoms with E-state index in [1.165, 1.54) is 20.1 Å². The molecule has 0 aromatic carbocycles. The molecule has 0 aliphatic heterocycles. The summed E-state index contributed by atoms with van der Waals surface area (Å²) in [6, 6.07) is 1.29. The quantitative estimate of drug-likeness (QED) is 0.860. The Morgan fingerprint density at radius 1 is 1.62 bits per heavy atom. The fourth-order valence-electron chi connectivity index (χ4n) is 1.31. The van der Waals surface area contributed by atoms with Gasteiger partial charge in [0.2, 0.25) is 0 Å². The summed E-state index contributed by atoms with van der Waals surface area (Å²) in [5, 5.41) is 8.62. The third-order valence-corrected chi connectivity index (χ3v) is 2.08. The van der Waals surface area contributed by atoms with Crippen molar-refractivity contribution >= 4 is 5.97 Å². The van der Waals surface area contributed by atoms with E-state index in [0.29, 0.717) is 5.56 Å². The second kappa shape index (κ2) is 4.87. The molecular weight excluding hydrogens is 220 g/mol. The average molecular weight is 231 g/mol. The monoisotopic (exact) mass is 231 g/mol. The zero-order valence-corrected chi connectivity index (χ0v) is 8.83. The molecule has 1 rings (SSSR count). The van der Waals surface area contributed by atoms with Gasteiger partial charge < -0.3 is 9.84 Å². The number of nitrogens with zero attached hydrogens (tertiary/aromatic N) is 1. The highest BCUT2D eigenvalue weighted by molar-refractivity contribution is 5.70. The number of rotatable bonds is 4. The van der Waals surface area contributed by atoms with Crippen molar-refractivity contribution in [3.8, 4) is 5.75 Å². The molecule has 0 aliphatic carbocycles. The van der Waals surface area contributed by atoms with Crippen molar-refractivity contribution in [3.05, 3.63) is 23.0 Å². The van der Waals surface area contributed by atoms with Gasteiger partial charge in [-0.05, 0) is 18.6 Å². The van der Waals surface area contributed by atoms with Crippen LogP contribution in [-0.4, -0.2) is 23.2 Å². The maximum atomic E-state index is 12.5. The largest absolute Gasteiger partial charge is 0.495 e. The van der Waals surface area contributed by atoms with Crippen molar-refractivity contribution < 1.29 is 23.4 Å². The van der Waals surface area contributed by atoms with E-state index in [2.05, 4.69) is 4.98 Å². The van der Waals surface area contributed by atoms with Crippen LogP contribution in [0.2, 0.25) is 0 Å². The van der Waals surface area contributed by atoms with Gasteiger partial charge in [-0.15, -0.1) is 0 Å². The number of alkyl halides is 2. The number of halogens is 2. The number of carbonyl (C=O) groups is 1. The minimum absolute atomic E-state index is 0.0862. The number of hydrogen-bond donors (Lipinski definition) is 1. The number of hydrogen-bond acceptors (Lipinski definition) is 3. The van der Waals surface area contributed by atoms with Gasteiger partial charge >= 0.3 is 5.97 Å². The number of carboxylic acid groups (broad SMARTS) is 1. The Hall–Kier alpha value is -1.72. The lowest BCUT2D eigenvalue weighted by Gasteiger charge is -2.10. The van der Waals surface area contributed by atoms with E-state index >= 15 is 0 Å². The number of ether oxygens (including phenoxy) is 1. The van der Waals surface area contributed by atoms with Gasteiger partial charge in [0, 0.05) is 5.69 Å². The number of pyridine rings is 1. The van der Waals surface area contributed by atoms with Crippen molar-refractivity contribution in [1.82, 2.24) is 4.98 Å². The predicted octanol–water partition coefficient (Wildman–Crippen LogP) is 1.96. The minimum atomic E-state index is -2.74. The average Bonchev–Trinajstić information content (AvgIpc) is 2.19. The molecule has 0 fully saturated rings. The van der Waals surface area contributed by atoms with Crippen molar-refractivity contribution in [1.29, 1.82) is 0 Å². The van der Waals surface area contributed by atoms with Crippen LogP contribution >= 0.6 is 0 Å². The second-order valence-electron chi connectivity index (χ2n) is 3.19. The third kappa shape index (κ3) is 2.65. The van der Waals surface area contributed by atoms with E-state index in [4.69, 9.17) is 9.84 Å². The molecule has 0 saturated carbocycles. The first-order chi connectivity index (χ1) is 7.45. The second-order valence-corrected chi connectivity index (χ2v) is 3.19. The highest BCUT2D eigenvalue weighted by atomic mass is 19.3. The molecule has 0 spiro atoms. The van der Waals surface area contributed by atoms with E-state index < -0.39 is 18.1 Å². The van der Waals surface area contributed by atoms with Gasteiger partial charge in [-0.2, -0.15) is 0 Å². The smallest absolute Gasteiger partial charge is 0.307 e. The molecule has 0 unspecified atom stereocenters. The zero-order valence-electron chi connectivity index (χ0n) is 8.83. The van der Waals surface area contributed by atoms with E-state index in [9.17, 15) is 13.6 Å². The zero-order chi connectivity index (χ0) is 12.3. The Labute approximate surface area is 90.9 Å². The highest BCUT2D eigenvalue weighted by Crippen LogP contribution is 2.29. The van der Waals surface area contributed by atoms with Gasteiger partial charge in [0.15, 0.2) is 0 Å². The van der Waals surface area contributed by atoms with E-state index in [1.807, 2.05) is 0 Å². The molecule has 0 bridgehead atoms. The number of aromatic nitrogens is 1. The first-order valence-electron chi connectivity index (χ1n) is 4.50. The predicted molar refractivity (Wildman–Crippen MR) is 51.8 cm³/mol.